The molecule has 0 aliphatic carbocycles. The van der Waals surface area contributed by atoms with Gasteiger partial charge in [0.15, 0.2) is 0 Å². The number of hydrogen-bond acceptors (Lipinski definition) is 2. The molecule has 1 heterocycles. The van der Waals surface area contributed by atoms with Gasteiger partial charge >= 0.3 is 0 Å². The zero-order valence-corrected chi connectivity index (χ0v) is 10.1. The SMILES string of the molecule is CC(O)C1CCC(C)N1Cc1ccccc1. The Balaban J connectivity index is 2.07. The molecular formula is C14H21NO. The van der Waals surface area contributed by atoms with E-state index < -0.39 is 0 Å². The summed E-state index contributed by atoms with van der Waals surface area (Å²) >= 11 is 0. The Morgan fingerprint density at radius 3 is 2.62 bits per heavy atom. The number of likely N-dealkylation sites (tertiary alicyclic amines) is 1. The summed E-state index contributed by atoms with van der Waals surface area (Å²) in [5, 5.41) is 9.78. The molecule has 0 amide bonds. The summed E-state index contributed by atoms with van der Waals surface area (Å²) in [5.74, 6) is 0. The molecule has 16 heavy (non-hydrogen) atoms. The molecule has 1 N–H and O–H groups in total. The second-order valence-electron chi connectivity index (χ2n) is 4.89. The zero-order valence-electron chi connectivity index (χ0n) is 10.1. The lowest BCUT2D eigenvalue weighted by Crippen LogP contribution is -2.40. The number of aliphatic hydroxyl groups excluding tert-OH is 1. The van der Waals surface area contributed by atoms with Crippen LogP contribution >= 0.6 is 0 Å². The molecule has 1 aromatic rings. The molecule has 2 rings (SSSR count). The number of aliphatic hydroxyl groups is 1. The van der Waals surface area contributed by atoms with E-state index in [-0.39, 0.29) is 6.10 Å². The second-order valence-corrected chi connectivity index (χ2v) is 4.89. The first-order chi connectivity index (χ1) is 7.68. The average molecular weight is 219 g/mol. The lowest BCUT2D eigenvalue weighted by molar-refractivity contribution is 0.0671. The third kappa shape index (κ3) is 2.45. The van der Waals surface area contributed by atoms with Crippen LogP contribution in [0.3, 0.4) is 0 Å². The second kappa shape index (κ2) is 4.98. The van der Waals surface area contributed by atoms with Crippen molar-refractivity contribution in [2.75, 3.05) is 0 Å². The van der Waals surface area contributed by atoms with Crippen LogP contribution in [0.1, 0.15) is 32.3 Å². The summed E-state index contributed by atoms with van der Waals surface area (Å²) < 4.78 is 0. The van der Waals surface area contributed by atoms with Crippen LogP contribution in [0.5, 0.6) is 0 Å². The molecule has 1 aromatic carbocycles. The maximum Gasteiger partial charge on any atom is 0.0667 e. The molecule has 0 bridgehead atoms. The van der Waals surface area contributed by atoms with Gasteiger partial charge in [-0.15, -0.1) is 0 Å². The van der Waals surface area contributed by atoms with Crippen LogP contribution in [0.2, 0.25) is 0 Å². The monoisotopic (exact) mass is 219 g/mol. The molecule has 1 saturated heterocycles. The quantitative estimate of drug-likeness (QED) is 0.844. The molecule has 2 heteroatoms. The van der Waals surface area contributed by atoms with Crippen molar-refractivity contribution in [3.63, 3.8) is 0 Å². The molecule has 1 fully saturated rings. The molecule has 1 aliphatic heterocycles. The lowest BCUT2D eigenvalue weighted by Gasteiger charge is -2.30. The van der Waals surface area contributed by atoms with Crippen molar-refractivity contribution >= 4 is 0 Å². The van der Waals surface area contributed by atoms with Crippen molar-refractivity contribution in [1.29, 1.82) is 0 Å². The minimum Gasteiger partial charge on any atom is -0.392 e. The molecule has 0 spiro atoms. The van der Waals surface area contributed by atoms with Gasteiger partial charge in [-0.1, -0.05) is 30.3 Å². The van der Waals surface area contributed by atoms with E-state index in [1.54, 1.807) is 0 Å². The predicted molar refractivity (Wildman–Crippen MR) is 66.1 cm³/mol. The topological polar surface area (TPSA) is 23.5 Å². The van der Waals surface area contributed by atoms with Gasteiger partial charge < -0.3 is 5.11 Å². The van der Waals surface area contributed by atoms with Crippen LogP contribution in [0.25, 0.3) is 0 Å². The van der Waals surface area contributed by atoms with Gasteiger partial charge in [0.2, 0.25) is 0 Å². The summed E-state index contributed by atoms with van der Waals surface area (Å²) in [6, 6.07) is 11.4. The van der Waals surface area contributed by atoms with Crippen LogP contribution in [-0.4, -0.2) is 28.2 Å². The normalized spacial score (nSPS) is 28.2. The minimum atomic E-state index is -0.228. The van der Waals surface area contributed by atoms with Gasteiger partial charge in [-0.3, -0.25) is 4.90 Å². The predicted octanol–water partition coefficient (Wildman–Crippen LogP) is 2.42. The summed E-state index contributed by atoms with van der Waals surface area (Å²) in [7, 11) is 0. The maximum absolute atomic E-state index is 9.78. The van der Waals surface area contributed by atoms with E-state index in [4.69, 9.17) is 0 Å². The summed E-state index contributed by atoms with van der Waals surface area (Å²) in [6.45, 7) is 5.11. The highest BCUT2D eigenvalue weighted by Crippen LogP contribution is 2.27. The molecule has 3 unspecified atom stereocenters. The van der Waals surface area contributed by atoms with Gasteiger partial charge in [0.25, 0.3) is 0 Å². The molecule has 0 aromatic heterocycles. The average Bonchev–Trinajstić information content (AvgIpc) is 2.62. The van der Waals surface area contributed by atoms with E-state index in [0.717, 1.165) is 13.0 Å². The number of nitrogens with zero attached hydrogens (tertiary/aromatic N) is 1. The largest absolute Gasteiger partial charge is 0.392 e. The number of hydrogen-bond donors (Lipinski definition) is 1. The van der Waals surface area contributed by atoms with Gasteiger partial charge in [-0.25, -0.2) is 0 Å². The van der Waals surface area contributed by atoms with E-state index >= 15 is 0 Å². The van der Waals surface area contributed by atoms with E-state index in [9.17, 15) is 5.11 Å². The Morgan fingerprint density at radius 2 is 2.00 bits per heavy atom. The van der Waals surface area contributed by atoms with Crippen LogP contribution in [0, 0.1) is 0 Å². The van der Waals surface area contributed by atoms with Crippen LogP contribution in [-0.2, 0) is 6.54 Å². The smallest absolute Gasteiger partial charge is 0.0667 e. The molecule has 1 aliphatic rings. The first-order valence-corrected chi connectivity index (χ1v) is 6.16. The van der Waals surface area contributed by atoms with Gasteiger partial charge in [0.05, 0.1) is 6.10 Å². The van der Waals surface area contributed by atoms with E-state index in [2.05, 4.69) is 36.1 Å². The molecule has 0 radical (unpaired) electrons. The highest BCUT2D eigenvalue weighted by molar-refractivity contribution is 5.15. The van der Waals surface area contributed by atoms with Gasteiger partial charge in [-0.2, -0.15) is 0 Å². The summed E-state index contributed by atoms with van der Waals surface area (Å²) in [4.78, 5) is 2.43. The van der Waals surface area contributed by atoms with E-state index in [1.165, 1.54) is 12.0 Å². The van der Waals surface area contributed by atoms with Crippen molar-refractivity contribution in [1.82, 2.24) is 4.90 Å². The van der Waals surface area contributed by atoms with Crippen molar-refractivity contribution in [3.8, 4) is 0 Å². The lowest BCUT2D eigenvalue weighted by atomic mass is 10.1. The first kappa shape index (κ1) is 11.6. The molecule has 0 saturated carbocycles. The zero-order chi connectivity index (χ0) is 11.5. The summed E-state index contributed by atoms with van der Waals surface area (Å²) in [5.41, 5.74) is 1.34. The third-order valence-electron chi connectivity index (χ3n) is 3.64. The van der Waals surface area contributed by atoms with Gasteiger partial charge in [-0.05, 0) is 32.3 Å². The first-order valence-electron chi connectivity index (χ1n) is 6.16. The van der Waals surface area contributed by atoms with Crippen LogP contribution in [0.15, 0.2) is 30.3 Å². The molecular weight excluding hydrogens is 198 g/mol. The van der Waals surface area contributed by atoms with Gasteiger partial charge in [0.1, 0.15) is 0 Å². The fourth-order valence-electron chi connectivity index (χ4n) is 2.66. The number of benzene rings is 1. The maximum atomic E-state index is 9.78. The Bertz CT molecular complexity index is 323. The van der Waals surface area contributed by atoms with Crippen LogP contribution < -0.4 is 0 Å². The molecule has 3 atom stereocenters. The molecule has 2 nitrogen and oxygen atoms in total. The Kier molecular flexibility index (Phi) is 3.62. The highest BCUT2D eigenvalue weighted by Gasteiger charge is 2.33. The van der Waals surface area contributed by atoms with Crippen molar-refractivity contribution in [2.24, 2.45) is 0 Å². The Hall–Kier alpha value is -0.860. The Morgan fingerprint density at radius 1 is 1.31 bits per heavy atom. The van der Waals surface area contributed by atoms with Crippen LogP contribution in [0.4, 0.5) is 0 Å². The fraction of sp³-hybridized carbons (Fsp3) is 0.571. The number of rotatable bonds is 3. The van der Waals surface area contributed by atoms with Gasteiger partial charge in [0, 0.05) is 18.6 Å². The van der Waals surface area contributed by atoms with Crippen molar-refractivity contribution in [2.45, 2.75) is 51.4 Å². The van der Waals surface area contributed by atoms with Crippen molar-refractivity contribution < 1.29 is 5.11 Å². The Labute approximate surface area is 97.9 Å². The van der Waals surface area contributed by atoms with E-state index in [1.807, 2.05) is 13.0 Å². The molecule has 88 valence electrons. The third-order valence-corrected chi connectivity index (χ3v) is 3.64. The fourth-order valence-corrected chi connectivity index (χ4v) is 2.66. The van der Waals surface area contributed by atoms with Crippen molar-refractivity contribution in [3.05, 3.63) is 35.9 Å². The highest BCUT2D eigenvalue weighted by atomic mass is 16.3. The minimum absolute atomic E-state index is 0.228. The summed E-state index contributed by atoms with van der Waals surface area (Å²) in [6.07, 6.45) is 2.09. The van der Waals surface area contributed by atoms with E-state index in [0.29, 0.717) is 12.1 Å². The standard InChI is InChI=1S/C14H21NO/c1-11-8-9-14(12(2)16)15(11)10-13-6-4-3-5-7-13/h3-7,11-12,14,16H,8-10H2,1-2H3.